The quantitative estimate of drug-likeness (QED) is 0.381. The normalized spacial score (nSPS) is 23.4. The van der Waals surface area contributed by atoms with Gasteiger partial charge in [0.25, 0.3) is 5.91 Å². The number of cyclic esters (lactones) is 1. The fourth-order valence-electron chi connectivity index (χ4n) is 6.37. The van der Waals surface area contributed by atoms with Crippen LogP contribution in [-0.4, -0.2) is 61.9 Å². The molecule has 0 N–H and O–H groups in total. The number of likely N-dealkylation sites (tertiary alicyclic amines) is 1. The zero-order valence-corrected chi connectivity index (χ0v) is 23.6. The molecule has 5 nitrogen and oxygen atoms in total. The third-order valence-corrected chi connectivity index (χ3v) is 16.4. The summed E-state index contributed by atoms with van der Waals surface area (Å²) in [5, 5.41) is 0.311. The van der Waals surface area contributed by atoms with Crippen LogP contribution in [-0.2, 0) is 16.0 Å². The van der Waals surface area contributed by atoms with Crippen molar-refractivity contribution in [2.45, 2.75) is 69.5 Å². The number of β-lactam (4-membered cyclic amide) rings is 1. The monoisotopic (exact) mass is 494 g/mol. The lowest BCUT2D eigenvalue weighted by molar-refractivity contribution is -0.162. The highest BCUT2D eigenvalue weighted by Crippen LogP contribution is 2.45. The highest BCUT2D eigenvalue weighted by molar-refractivity contribution is 6.96. The highest BCUT2D eigenvalue weighted by atomic mass is 28.4. The van der Waals surface area contributed by atoms with Crippen LogP contribution in [0.15, 0.2) is 54.6 Å². The van der Waals surface area contributed by atoms with E-state index in [-0.39, 0.29) is 24.6 Å². The number of carbonyl (C=O) groups excluding carboxylic acids is 2. The van der Waals surface area contributed by atoms with Crippen molar-refractivity contribution in [1.82, 2.24) is 9.80 Å². The lowest BCUT2D eigenvalue weighted by atomic mass is 9.79. The molecule has 0 aliphatic carbocycles. The van der Waals surface area contributed by atoms with Gasteiger partial charge in [-0.2, -0.15) is 0 Å². The number of nitrogens with zero attached hydrogens (tertiary/aromatic N) is 2. The van der Waals surface area contributed by atoms with E-state index >= 15 is 0 Å². The van der Waals surface area contributed by atoms with Crippen LogP contribution in [0.4, 0.5) is 4.79 Å². The van der Waals surface area contributed by atoms with Crippen molar-refractivity contribution in [2.24, 2.45) is 0 Å². The Kier molecular flexibility index (Phi) is 6.31. The van der Waals surface area contributed by atoms with Crippen LogP contribution in [0, 0.1) is 6.92 Å². The second-order valence-electron chi connectivity index (χ2n) is 12.1. The topological polar surface area (TPSA) is 49.9 Å². The zero-order valence-electron chi connectivity index (χ0n) is 21.6. The molecule has 0 radical (unpaired) electrons. The van der Waals surface area contributed by atoms with Gasteiger partial charge in [0, 0.05) is 11.7 Å². The number of ether oxygens (including phenoxy) is 1. The minimum atomic E-state index is -1.67. The molecule has 2 aromatic carbocycles. The number of hydrogen-bond acceptors (Lipinski definition) is 3. The second kappa shape index (κ2) is 8.68. The molecule has 0 bridgehead atoms. The molecule has 7 heteroatoms. The van der Waals surface area contributed by atoms with E-state index in [1.54, 1.807) is 4.90 Å². The molecular weight excluding hydrogens is 456 g/mol. The van der Waals surface area contributed by atoms with Gasteiger partial charge in [0.15, 0.2) is 0 Å². The van der Waals surface area contributed by atoms with Crippen molar-refractivity contribution in [3.05, 3.63) is 71.3 Å². The summed E-state index contributed by atoms with van der Waals surface area (Å²) in [6.07, 6.45) is 0.130. The van der Waals surface area contributed by atoms with E-state index in [4.69, 9.17) is 4.74 Å². The van der Waals surface area contributed by atoms with E-state index in [0.29, 0.717) is 18.3 Å². The predicted octanol–water partition coefficient (Wildman–Crippen LogP) is 5.44. The number of benzene rings is 2. The lowest BCUT2D eigenvalue weighted by Crippen LogP contribution is -2.81. The van der Waals surface area contributed by atoms with Gasteiger partial charge in [-0.15, -0.1) is 0 Å². The smallest absolute Gasteiger partial charge is 0.411 e. The summed E-state index contributed by atoms with van der Waals surface area (Å²) < 4.78 is 5.59. The summed E-state index contributed by atoms with van der Waals surface area (Å²) in [6.45, 7) is 17.1. The molecule has 2 fully saturated rings. The Morgan fingerprint density at radius 1 is 0.941 bits per heavy atom. The zero-order chi connectivity index (χ0) is 24.9. The van der Waals surface area contributed by atoms with Crippen molar-refractivity contribution in [3.8, 4) is 0 Å². The number of rotatable bonds is 7. The molecule has 34 heavy (non-hydrogen) atoms. The summed E-state index contributed by atoms with van der Waals surface area (Å²) in [6, 6.07) is 17.9. The minimum absolute atomic E-state index is 0.0883. The molecule has 2 amide bonds. The Labute approximate surface area is 206 Å². The van der Waals surface area contributed by atoms with Crippen LogP contribution >= 0.6 is 0 Å². The lowest BCUT2D eigenvalue weighted by Gasteiger charge is -2.60. The third-order valence-electron chi connectivity index (χ3n) is 7.31. The molecule has 2 aliphatic heterocycles. The Morgan fingerprint density at radius 3 is 2.09 bits per heavy atom. The number of aryl methyl sites for hydroxylation is 1. The van der Waals surface area contributed by atoms with Gasteiger partial charge in [0.2, 0.25) is 0 Å². The maximum absolute atomic E-state index is 14.4. The molecule has 2 aromatic rings. The van der Waals surface area contributed by atoms with Crippen molar-refractivity contribution in [1.29, 1.82) is 0 Å². The summed E-state index contributed by atoms with van der Waals surface area (Å²) in [4.78, 5) is 31.5. The Hall–Kier alpha value is -2.39. The van der Waals surface area contributed by atoms with Gasteiger partial charge in [-0.25, -0.2) is 4.79 Å². The largest absolute Gasteiger partial charge is 0.447 e. The number of carbonyl (C=O) groups is 2. The van der Waals surface area contributed by atoms with Gasteiger partial charge in [-0.1, -0.05) is 93.9 Å². The van der Waals surface area contributed by atoms with Gasteiger partial charge < -0.3 is 9.64 Å². The van der Waals surface area contributed by atoms with Crippen LogP contribution in [0.5, 0.6) is 0 Å². The first kappa shape index (κ1) is 24.7. The third kappa shape index (κ3) is 4.24. The predicted molar refractivity (Wildman–Crippen MR) is 142 cm³/mol. The SMILES string of the molecule is Cc1ccccc1C[C@@]1(N2C(=O)OC[C@@H]2c2ccccc2)CN(C([Si](C)(C)C)[Si](C)(C)C)C1=O. The van der Waals surface area contributed by atoms with Crippen LogP contribution in [0.3, 0.4) is 0 Å². The van der Waals surface area contributed by atoms with Crippen molar-refractivity contribution in [2.75, 3.05) is 13.2 Å². The maximum atomic E-state index is 14.4. The molecule has 0 saturated carbocycles. The molecular formula is C27H38N2O3Si2. The first-order chi connectivity index (χ1) is 15.9. The van der Waals surface area contributed by atoms with Gasteiger partial charge in [-0.05, 0) is 23.6 Å². The first-order valence-electron chi connectivity index (χ1n) is 12.2. The Morgan fingerprint density at radius 2 is 1.53 bits per heavy atom. The van der Waals surface area contributed by atoms with Crippen LogP contribution < -0.4 is 0 Å². The van der Waals surface area contributed by atoms with Gasteiger partial charge in [0.1, 0.15) is 12.1 Å². The first-order valence-corrected chi connectivity index (χ1v) is 19.4. The van der Waals surface area contributed by atoms with E-state index in [1.165, 1.54) is 0 Å². The van der Waals surface area contributed by atoms with E-state index in [1.807, 2.05) is 42.5 Å². The van der Waals surface area contributed by atoms with Crippen LogP contribution in [0.25, 0.3) is 0 Å². The van der Waals surface area contributed by atoms with E-state index < -0.39 is 21.7 Å². The fraction of sp³-hybridized carbons (Fsp3) is 0.481. The average Bonchev–Trinajstić information content (AvgIpc) is 3.14. The van der Waals surface area contributed by atoms with Crippen LogP contribution in [0.2, 0.25) is 39.3 Å². The number of amides is 2. The Balaban J connectivity index is 1.79. The summed E-state index contributed by atoms with van der Waals surface area (Å²) >= 11 is 0. The van der Waals surface area contributed by atoms with Gasteiger partial charge >= 0.3 is 6.09 Å². The van der Waals surface area contributed by atoms with E-state index in [0.717, 1.165) is 16.7 Å². The fourth-order valence-corrected chi connectivity index (χ4v) is 19.1. The van der Waals surface area contributed by atoms with Gasteiger partial charge in [0.05, 0.1) is 28.7 Å². The molecule has 2 saturated heterocycles. The number of hydrogen-bond donors (Lipinski definition) is 0. The van der Waals surface area contributed by atoms with Gasteiger partial charge in [-0.3, -0.25) is 9.69 Å². The standard InChI is InChI=1S/C27H38N2O3Si2/c1-20-13-11-12-16-22(20)17-27(19-28(24(27)30)26(33(2,3)4)34(5,6)7)29-23(18-32-25(29)31)21-14-9-8-10-15-21/h8-16,23,26H,17-19H2,1-7H3/t23-,27-/m1/s1. The molecule has 0 unspecified atom stereocenters. The summed E-state index contributed by atoms with van der Waals surface area (Å²) in [5.41, 5.74) is 2.34. The van der Waals surface area contributed by atoms with E-state index in [2.05, 4.69) is 63.2 Å². The molecule has 2 heterocycles. The Bertz CT molecular complexity index is 1060. The molecule has 0 aromatic heterocycles. The molecule has 2 atom stereocenters. The molecule has 0 spiro atoms. The average molecular weight is 495 g/mol. The second-order valence-corrected chi connectivity index (χ2v) is 23.2. The van der Waals surface area contributed by atoms with Crippen molar-refractivity contribution in [3.63, 3.8) is 0 Å². The maximum Gasteiger partial charge on any atom is 0.411 e. The molecule has 182 valence electrons. The highest BCUT2D eigenvalue weighted by Gasteiger charge is 2.64. The summed E-state index contributed by atoms with van der Waals surface area (Å²) in [5.74, 6) is 0.0883. The summed E-state index contributed by atoms with van der Waals surface area (Å²) in [7, 11) is -3.33. The molecule has 2 aliphatic rings. The van der Waals surface area contributed by atoms with Crippen molar-refractivity contribution < 1.29 is 14.3 Å². The van der Waals surface area contributed by atoms with Crippen molar-refractivity contribution >= 4 is 28.1 Å². The molecule has 4 rings (SSSR count). The minimum Gasteiger partial charge on any atom is -0.447 e. The van der Waals surface area contributed by atoms with E-state index in [9.17, 15) is 9.59 Å². The van der Waals surface area contributed by atoms with Crippen LogP contribution in [0.1, 0.15) is 22.7 Å².